The zero-order chi connectivity index (χ0) is 19.6. The minimum Gasteiger partial charge on any atom is -0.391 e. The quantitative estimate of drug-likeness (QED) is 0.782. The number of aliphatic hydroxyl groups excluding tert-OH is 1. The highest BCUT2D eigenvalue weighted by molar-refractivity contribution is 5.95. The lowest BCUT2D eigenvalue weighted by Crippen LogP contribution is -2.36. The number of carbonyl (C=O) groups excluding carboxylic acids is 1. The summed E-state index contributed by atoms with van der Waals surface area (Å²) in [5.41, 5.74) is -1.72. The summed E-state index contributed by atoms with van der Waals surface area (Å²) >= 11 is 0. The van der Waals surface area contributed by atoms with E-state index in [0.717, 1.165) is 6.07 Å². The number of aromatic nitrogens is 1. The van der Waals surface area contributed by atoms with E-state index in [0.29, 0.717) is 12.1 Å². The summed E-state index contributed by atoms with van der Waals surface area (Å²) in [5.74, 6) is -2.11. The molecule has 1 aromatic carbocycles. The molecule has 26 heavy (non-hydrogen) atoms. The molecule has 0 radical (unpaired) electrons. The molecular weight excluding hydrogens is 356 g/mol. The first kappa shape index (κ1) is 19.9. The third-order valence-electron chi connectivity index (χ3n) is 4.06. The predicted octanol–water partition coefficient (Wildman–Crippen LogP) is 3.77. The number of hydrogen-bond donors (Lipinski definition) is 2. The largest absolute Gasteiger partial charge is 0.419 e. The van der Waals surface area contributed by atoms with Crippen LogP contribution in [-0.4, -0.2) is 22.2 Å². The Bertz CT molecular complexity index is 800. The molecule has 0 aliphatic heterocycles. The number of alkyl halides is 3. The SMILES string of the molecule is CC(C)[C@@H](C)NC(=O)c1noc(-c2ccc(C(F)(F)F)c(F)c2)c1CO. The molecule has 2 N–H and O–H groups in total. The molecular formula is C17H18F4N2O3. The zero-order valence-corrected chi connectivity index (χ0v) is 14.3. The van der Waals surface area contributed by atoms with Crippen LogP contribution in [0.2, 0.25) is 0 Å². The Morgan fingerprint density at radius 1 is 1.31 bits per heavy atom. The summed E-state index contributed by atoms with van der Waals surface area (Å²) in [6, 6.07) is 2.00. The lowest BCUT2D eigenvalue weighted by atomic mass is 10.0. The maximum atomic E-state index is 13.8. The van der Waals surface area contributed by atoms with Crippen molar-refractivity contribution in [1.82, 2.24) is 10.5 Å². The third-order valence-corrected chi connectivity index (χ3v) is 4.06. The molecule has 142 valence electrons. The summed E-state index contributed by atoms with van der Waals surface area (Å²) in [5, 5.41) is 15.8. The molecule has 1 aromatic heterocycles. The van der Waals surface area contributed by atoms with E-state index in [2.05, 4.69) is 10.5 Å². The Morgan fingerprint density at radius 2 is 1.96 bits per heavy atom. The molecule has 0 bridgehead atoms. The van der Waals surface area contributed by atoms with Gasteiger partial charge in [-0.15, -0.1) is 0 Å². The van der Waals surface area contributed by atoms with Crippen LogP contribution in [0.15, 0.2) is 22.7 Å². The summed E-state index contributed by atoms with van der Waals surface area (Å²) in [6.45, 7) is 4.93. The van der Waals surface area contributed by atoms with Gasteiger partial charge in [-0.3, -0.25) is 4.79 Å². The monoisotopic (exact) mass is 374 g/mol. The highest BCUT2D eigenvalue weighted by Gasteiger charge is 2.34. The summed E-state index contributed by atoms with van der Waals surface area (Å²) in [6.07, 6.45) is -4.83. The van der Waals surface area contributed by atoms with Crippen LogP contribution in [-0.2, 0) is 12.8 Å². The molecule has 1 heterocycles. The van der Waals surface area contributed by atoms with Gasteiger partial charge in [-0.1, -0.05) is 25.1 Å². The van der Waals surface area contributed by atoms with Crippen molar-refractivity contribution in [2.45, 2.75) is 39.6 Å². The lowest BCUT2D eigenvalue weighted by molar-refractivity contribution is -0.139. The van der Waals surface area contributed by atoms with Crippen molar-refractivity contribution in [3.05, 3.63) is 40.8 Å². The molecule has 1 amide bonds. The summed E-state index contributed by atoms with van der Waals surface area (Å²) in [7, 11) is 0. The van der Waals surface area contributed by atoms with Crippen LogP contribution in [0.3, 0.4) is 0 Å². The van der Waals surface area contributed by atoms with Crippen molar-refractivity contribution in [1.29, 1.82) is 0 Å². The van der Waals surface area contributed by atoms with Gasteiger partial charge in [0.05, 0.1) is 17.7 Å². The minimum atomic E-state index is -4.83. The van der Waals surface area contributed by atoms with E-state index in [1.165, 1.54) is 0 Å². The van der Waals surface area contributed by atoms with Gasteiger partial charge < -0.3 is 14.9 Å². The second kappa shape index (κ2) is 7.45. The van der Waals surface area contributed by atoms with Gasteiger partial charge in [-0.25, -0.2) is 4.39 Å². The van der Waals surface area contributed by atoms with Gasteiger partial charge in [0.15, 0.2) is 11.5 Å². The van der Waals surface area contributed by atoms with Crippen LogP contribution in [0.25, 0.3) is 11.3 Å². The van der Waals surface area contributed by atoms with Crippen LogP contribution in [0.1, 0.15) is 42.4 Å². The average Bonchev–Trinajstić information content (AvgIpc) is 2.97. The van der Waals surface area contributed by atoms with Gasteiger partial charge in [-0.2, -0.15) is 13.2 Å². The van der Waals surface area contributed by atoms with Gasteiger partial charge in [0.2, 0.25) is 0 Å². The minimum absolute atomic E-state index is 0.0300. The van der Waals surface area contributed by atoms with Crippen LogP contribution in [0.4, 0.5) is 17.6 Å². The number of rotatable bonds is 5. The Balaban J connectivity index is 2.39. The molecule has 0 aliphatic rings. The fourth-order valence-electron chi connectivity index (χ4n) is 2.19. The fraction of sp³-hybridized carbons (Fsp3) is 0.412. The highest BCUT2D eigenvalue weighted by atomic mass is 19.4. The maximum absolute atomic E-state index is 13.8. The van der Waals surface area contributed by atoms with E-state index in [9.17, 15) is 27.5 Å². The number of halogens is 4. The Hall–Kier alpha value is -2.42. The van der Waals surface area contributed by atoms with Crippen molar-refractivity contribution in [2.75, 3.05) is 0 Å². The number of carbonyl (C=O) groups is 1. The normalized spacial score (nSPS) is 13.1. The third kappa shape index (κ3) is 4.04. The number of nitrogens with zero attached hydrogens (tertiary/aromatic N) is 1. The highest BCUT2D eigenvalue weighted by Crippen LogP contribution is 2.34. The molecule has 0 saturated heterocycles. The van der Waals surface area contributed by atoms with Crippen molar-refractivity contribution >= 4 is 5.91 Å². The first-order valence-corrected chi connectivity index (χ1v) is 7.83. The first-order valence-electron chi connectivity index (χ1n) is 7.83. The predicted molar refractivity (Wildman–Crippen MR) is 84.6 cm³/mol. The number of hydrogen-bond acceptors (Lipinski definition) is 4. The smallest absolute Gasteiger partial charge is 0.391 e. The van der Waals surface area contributed by atoms with E-state index < -0.39 is 30.1 Å². The van der Waals surface area contributed by atoms with Gasteiger partial charge in [0, 0.05) is 11.6 Å². The van der Waals surface area contributed by atoms with E-state index in [1.807, 2.05) is 13.8 Å². The molecule has 2 rings (SSSR count). The van der Waals surface area contributed by atoms with Gasteiger partial charge in [-0.05, 0) is 25.0 Å². The van der Waals surface area contributed by atoms with Crippen LogP contribution < -0.4 is 5.32 Å². The average molecular weight is 374 g/mol. The zero-order valence-electron chi connectivity index (χ0n) is 14.3. The number of aliphatic hydroxyl groups is 1. The molecule has 5 nitrogen and oxygen atoms in total. The van der Waals surface area contributed by atoms with Gasteiger partial charge in [0.1, 0.15) is 5.82 Å². The van der Waals surface area contributed by atoms with Crippen LogP contribution >= 0.6 is 0 Å². The van der Waals surface area contributed by atoms with Gasteiger partial charge in [0.25, 0.3) is 5.91 Å². The molecule has 0 saturated carbocycles. The molecule has 0 fully saturated rings. The van der Waals surface area contributed by atoms with E-state index in [-0.39, 0.29) is 34.5 Å². The number of benzene rings is 1. The molecule has 2 aromatic rings. The van der Waals surface area contributed by atoms with Crippen molar-refractivity contribution in [3.63, 3.8) is 0 Å². The van der Waals surface area contributed by atoms with Crippen molar-refractivity contribution in [3.8, 4) is 11.3 Å². The summed E-state index contributed by atoms with van der Waals surface area (Å²) in [4.78, 5) is 12.3. The van der Waals surface area contributed by atoms with Crippen LogP contribution in [0, 0.1) is 11.7 Å². The molecule has 0 spiro atoms. The summed E-state index contributed by atoms with van der Waals surface area (Å²) < 4.78 is 56.7. The Kier molecular flexibility index (Phi) is 5.70. The number of amides is 1. The first-order chi connectivity index (χ1) is 12.1. The fourth-order valence-corrected chi connectivity index (χ4v) is 2.19. The van der Waals surface area contributed by atoms with Gasteiger partial charge >= 0.3 is 6.18 Å². The van der Waals surface area contributed by atoms with E-state index in [4.69, 9.17) is 4.52 Å². The molecule has 9 heteroatoms. The second-order valence-corrected chi connectivity index (χ2v) is 6.20. The number of nitrogens with one attached hydrogen (secondary N) is 1. The molecule has 0 unspecified atom stereocenters. The maximum Gasteiger partial charge on any atom is 0.419 e. The van der Waals surface area contributed by atoms with Crippen LogP contribution in [0.5, 0.6) is 0 Å². The molecule has 0 aliphatic carbocycles. The lowest BCUT2D eigenvalue weighted by Gasteiger charge is -2.16. The Morgan fingerprint density at radius 3 is 2.46 bits per heavy atom. The standard InChI is InChI=1S/C17H18F4N2O3/c1-8(2)9(3)22-16(25)14-11(7-24)15(26-23-14)10-4-5-12(13(18)6-10)17(19,20)21/h4-6,8-9,24H,7H2,1-3H3,(H,22,25)/t9-/m1/s1. The van der Waals surface area contributed by atoms with E-state index in [1.54, 1.807) is 6.92 Å². The van der Waals surface area contributed by atoms with Crippen molar-refractivity contribution in [2.24, 2.45) is 5.92 Å². The van der Waals surface area contributed by atoms with Crippen molar-refractivity contribution < 1.29 is 32.0 Å². The topological polar surface area (TPSA) is 75.4 Å². The second-order valence-electron chi connectivity index (χ2n) is 6.20. The molecule has 1 atom stereocenters. The van der Waals surface area contributed by atoms with E-state index >= 15 is 0 Å². The Labute approximate surface area is 147 Å².